The lowest BCUT2D eigenvalue weighted by Crippen LogP contribution is -2.36. The lowest BCUT2D eigenvalue weighted by atomic mass is 10.2. The molecule has 1 atom stereocenters. The molecule has 0 bridgehead atoms. The maximum absolute atomic E-state index is 10.6. The molecule has 0 aliphatic carbocycles. The number of anilines is 1. The molecule has 2 N–H and O–H groups in total. The average molecular weight is 195 g/mol. The summed E-state index contributed by atoms with van der Waals surface area (Å²) in [6.07, 6.45) is 0. The van der Waals surface area contributed by atoms with Crippen molar-refractivity contribution in [2.45, 2.75) is 19.9 Å². The molecule has 0 amide bonds. The topological polar surface area (TPSA) is 60.8 Å². The van der Waals surface area contributed by atoms with Crippen molar-refractivity contribution in [3.63, 3.8) is 0 Å². The van der Waals surface area contributed by atoms with Crippen molar-refractivity contribution >= 4 is 11.7 Å². The van der Waals surface area contributed by atoms with Crippen LogP contribution in [0.1, 0.15) is 12.5 Å². The van der Waals surface area contributed by atoms with E-state index < -0.39 is 12.0 Å². The van der Waals surface area contributed by atoms with Gasteiger partial charge in [-0.1, -0.05) is 18.2 Å². The summed E-state index contributed by atoms with van der Waals surface area (Å²) < 4.78 is 0. The minimum atomic E-state index is -1.06. The zero-order valence-electron chi connectivity index (χ0n) is 8.14. The van der Waals surface area contributed by atoms with Crippen LogP contribution in [-0.4, -0.2) is 22.3 Å². The van der Waals surface area contributed by atoms with Crippen LogP contribution in [0.5, 0.6) is 0 Å². The van der Waals surface area contributed by atoms with Gasteiger partial charge in [-0.3, -0.25) is 5.21 Å². The molecule has 14 heavy (non-hydrogen) atoms. The van der Waals surface area contributed by atoms with Gasteiger partial charge in [-0.25, -0.2) is 9.86 Å². The van der Waals surface area contributed by atoms with Gasteiger partial charge in [0.1, 0.15) is 0 Å². The van der Waals surface area contributed by atoms with E-state index in [-0.39, 0.29) is 0 Å². The molecule has 0 saturated heterocycles. The Kier molecular flexibility index (Phi) is 3.09. The Morgan fingerprint density at radius 2 is 2.00 bits per heavy atom. The first kappa shape index (κ1) is 10.5. The number of hydrogen-bond acceptors (Lipinski definition) is 3. The monoisotopic (exact) mass is 195 g/mol. The molecule has 4 heteroatoms. The van der Waals surface area contributed by atoms with Gasteiger partial charge in [0.25, 0.3) is 0 Å². The molecule has 0 saturated carbocycles. The smallest absolute Gasteiger partial charge is 0.328 e. The normalized spacial score (nSPS) is 12.2. The number of para-hydroxylation sites is 1. The quantitative estimate of drug-likeness (QED) is 0.720. The molecule has 1 rings (SSSR count). The first-order valence-corrected chi connectivity index (χ1v) is 4.30. The molecule has 76 valence electrons. The van der Waals surface area contributed by atoms with Gasteiger partial charge in [-0.15, -0.1) is 0 Å². The Bertz CT molecular complexity index is 338. The largest absolute Gasteiger partial charge is 0.480 e. The second-order valence-corrected chi connectivity index (χ2v) is 3.15. The summed E-state index contributed by atoms with van der Waals surface area (Å²) >= 11 is 0. The number of aryl methyl sites for hydroxylation is 1. The van der Waals surface area contributed by atoms with Crippen molar-refractivity contribution in [1.29, 1.82) is 0 Å². The molecule has 0 fully saturated rings. The molecule has 0 heterocycles. The maximum Gasteiger partial charge on any atom is 0.328 e. The Morgan fingerprint density at radius 3 is 2.50 bits per heavy atom. The minimum Gasteiger partial charge on any atom is -0.480 e. The highest BCUT2D eigenvalue weighted by molar-refractivity contribution is 5.77. The third-order valence-electron chi connectivity index (χ3n) is 2.09. The van der Waals surface area contributed by atoms with E-state index in [4.69, 9.17) is 5.11 Å². The van der Waals surface area contributed by atoms with Crippen LogP contribution in [0.2, 0.25) is 0 Å². The standard InChI is InChI=1S/C10H13NO3/c1-7-5-3-4-6-9(7)11(14)8(2)10(12)13/h3-6,8,14H,1-2H3,(H,12,13)/t8-/m0/s1. The van der Waals surface area contributed by atoms with Crippen LogP contribution >= 0.6 is 0 Å². The van der Waals surface area contributed by atoms with Crippen LogP contribution in [-0.2, 0) is 4.79 Å². The molecule has 0 aliphatic rings. The number of carbonyl (C=O) groups is 1. The van der Waals surface area contributed by atoms with Gasteiger partial charge < -0.3 is 5.11 Å². The van der Waals surface area contributed by atoms with Crippen LogP contribution in [0.15, 0.2) is 24.3 Å². The first-order chi connectivity index (χ1) is 6.54. The summed E-state index contributed by atoms with van der Waals surface area (Å²) in [5, 5.41) is 19.1. The Balaban J connectivity index is 2.94. The van der Waals surface area contributed by atoms with Crippen molar-refractivity contribution in [3.05, 3.63) is 29.8 Å². The fraction of sp³-hybridized carbons (Fsp3) is 0.300. The van der Waals surface area contributed by atoms with Gasteiger partial charge in [0.15, 0.2) is 6.04 Å². The summed E-state index contributed by atoms with van der Waals surface area (Å²) in [4.78, 5) is 10.6. The lowest BCUT2D eigenvalue weighted by molar-refractivity contribution is -0.139. The molecule has 0 aromatic heterocycles. The average Bonchev–Trinajstić information content (AvgIpc) is 2.16. The highest BCUT2D eigenvalue weighted by Gasteiger charge is 2.20. The molecule has 0 radical (unpaired) electrons. The van der Waals surface area contributed by atoms with Crippen molar-refractivity contribution in [2.24, 2.45) is 0 Å². The Morgan fingerprint density at radius 1 is 1.43 bits per heavy atom. The first-order valence-electron chi connectivity index (χ1n) is 4.30. The number of carboxylic acid groups (broad SMARTS) is 1. The highest BCUT2D eigenvalue weighted by Crippen LogP contribution is 2.19. The van der Waals surface area contributed by atoms with Gasteiger partial charge in [-0.05, 0) is 25.5 Å². The molecule has 4 nitrogen and oxygen atoms in total. The number of hydrogen-bond donors (Lipinski definition) is 2. The summed E-state index contributed by atoms with van der Waals surface area (Å²) in [5.41, 5.74) is 1.35. The van der Waals surface area contributed by atoms with E-state index >= 15 is 0 Å². The number of benzene rings is 1. The summed E-state index contributed by atoms with van der Waals surface area (Å²) in [6.45, 7) is 3.24. The van der Waals surface area contributed by atoms with Gasteiger partial charge >= 0.3 is 5.97 Å². The summed E-state index contributed by atoms with van der Waals surface area (Å²) in [5.74, 6) is -1.06. The Hall–Kier alpha value is -1.55. The van der Waals surface area contributed by atoms with Crippen molar-refractivity contribution in [1.82, 2.24) is 0 Å². The fourth-order valence-corrected chi connectivity index (χ4v) is 1.13. The summed E-state index contributed by atoms with van der Waals surface area (Å²) in [6, 6.07) is 6.12. The van der Waals surface area contributed by atoms with E-state index in [1.807, 2.05) is 19.1 Å². The van der Waals surface area contributed by atoms with Gasteiger partial charge in [0.05, 0.1) is 5.69 Å². The zero-order chi connectivity index (χ0) is 10.7. The van der Waals surface area contributed by atoms with E-state index in [2.05, 4.69) is 0 Å². The molecule has 0 aliphatic heterocycles. The second-order valence-electron chi connectivity index (χ2n) is 3.15. The van der Waals surface area contributed by atoms with Gasteiger partial charge in [-0.2, -0.15) is 0 Å². The number of nitrogens with zero attached hydrogens (tertiary/aromatic N) is 1. The van der Waals surface area contributed by atoms with Crippen LogP contribution in [0.25, 0.3) is 0 Å². The maximum atomic E-state index is 10.6. The number of hydroxylamine groups is 1. The second kappa shape index (κ2) is 4.11. The molecule has 0 spiro atoms. The van der Waals surface area contributed by atoms with E-state index in [0.29, 0.717) is 5.69 Å². The fourth-order valence-electron chi connectivity index (χ4n) is 1.13. The highest BCUT2D eigenvalue weighted by atomic mass is 16.5. The molecule has 1 aromatic rings. The lowest BCUT2D eigenvalue weighted by Gasteiger charge is -2.22. The molecule has 0 unspecified atom stereocenters. The van der Waals surface area contributed by atoms with E-state index in [9.17, 15) is 10.0 Å². The van der Waals surface area contributed by atoms with Crippen LogP contribution < -0.4 is 5.06 Å². The van der Waals surface area contributed by atoms with E-state index in [1.165, 1.54) is 6.92 Å². The zero-order valence-corrected chi connectivity index (χ0v) is 8.14. The summed E-state index contributed by atoms with van der Waals surface area (Å²) in [7, 11) is 0. The van der Waals surface area contributed by atoms with Crippen molar-refractivity contribution in [2.75, 3.05) is 5.06 Å². The van der Waals surface area contributed by atoms with Gasteiger partial charge in [0.2, 0.25) is 0 Å². The van der Waals surface area contributed by atoms with Crippen molar-refractivity contribution < 1.29 is 15.1 Å². The number of rotatable bonds is 3. The predicted molar refractivity (Wildman–Crippen MR) is 52.5 cm³/mol. The van der Waals surface area contributed by atoms with E-state index in [1.54, 1.807) is 12.1 Å². The third-order valence-corrected chi connectivity index (χ3v) is 2.09. The van der Waals surface area contributed by atoms with Crippen LogP contribution in [0, 0.1) is 6.92 Å². The molecule has 1 aromatic carbocycles. The third kappa shape index (κ3) is 2.03. The minimum absolute atomic E-state index is 0.516. The van der Waals surface area contributed by atoms with Crippen LogP contribution in [0.4, 0.5) is 5.69 Å². The number of carboxylic acids is 1. The molecular weight excluding hydrogens is 182 g/mol. The van der Waals surface area contributed by atoms with Gasteiger partial charge in [0, 0.05) is 0 Å². The number of aliphatic carboxylic acids is 1. The SMILES string of the molecule is Cc1ccccc1N(O)[C@@H](C)C(=O)O. The predicted octanol–water partition coefficient (Wildman–Crippen LogP) is 1.66. The van der Waals surface area contributed by atoms with Crippen LogP contribution in [0.3, 0.4) is 0 Å². The molecular formula is C10H13NO3. The van der Waals surface area contributed by atoms with Crippen molar-refractivity contribution in [3.8, 4) is 0 Å². The Labute approximate surface area is 82.4 Å². The van der Waals surface area contributed by atoms with E-state index in [0.717, 1.165) is 10.6 Å².